The lowest BCUT2D eigenvalue weighted by Gasteiger charge is -2.13. The molecule has 5 nitrogen and oxygen atoms in total. The van der Waals surface area contributed by atoms with Crippen LogP contribution in [0.3, 0.4) is 0 Å². The fourth-order valence-corrected chi connectivity index (χ4v) is 2.17. The smallest absolute Gasteiger partial charge is 0.418 e. The lowest BCUT2D eigenvalue weighted by molar-refractivity contribution is -0.274. The number of halogens is 3. The second kappa shape index (κ2) is 6.84. The molecule has 2 aromatic carbocycles. The van der Waals surface area contributed by atoms with Crippen LogP contribution in [-0.2, 0) is 0 Å². The highest BCUT2D eigenvalue weighted by Crippen LogP contribution is 2.26. The van der Waals surface area contributed by atoms with Gasteiger partial charge in [0.05, 0.1) is 0 Å². The fraction of sp³-hybridized carbons (Fsp3) is 0.176. The number of hydrogen-bond acceptors (Lipinski definition) is 5. The summed E-state index contributed by atoms with van der Waals surface area (Å²) in [4.78, 5) is 0. The van der Waals surface area contributed by atoms with Crippen molar-refractivity contribution in [2.75, 3.05) is 5.32 Å². The highest BCUT2D eigenvalue weighted by Gasteiger charge is 2.31. The highest BCUT2D eigenvalue weighted by molar-refractivity contribution is 5.52. The first-order chi connectivity index (χ1) is 11.9. The number of anilines is 1. The predicted molar refractivity (Wildman–Crippen MR) is 84.9 cm³/mol. The topological polar surface area (TPSA) is 60.2 Å². The van der Waals surface area contributed by atoms with Crippen LogP contribution in [-0.4, -0.2) is 16.6 Å². The van der Waals surface area contributed by atoms with E-state index >= 15 is 0 Å². The molecular weight excluding hydrogens is 335 g/mol. The minimum absolute atomic E-state index is 0.283. The molecule has 0 aliphatic carbocycles. The summed E-state index contributed by atoms with van der Waals surface area (Å²) in [5, 5.41) is 11.1. The summed E-state index contributed by atoms with van der Waals surface area (Å²) in [5.74, 6) is 0.488. The zero-order valence-electron chi connectivity index (χ0n) is 13.1. The van der Waals surface area contributed by atoms with Crippen LogP contribution in [0.5, 0.6) is 5.75 Å². The molecular formula is C17H14F3N3O2. The van der Waals surface area contributed by atoms with Crippen LogP contribution in [0, 0.1) is 0 Å². The van der Waals surface area contributed by atoms with Gasteiger partial charge in [-0.1, -0.05) is 18.2 Å². The van der Waals surface area contributed by atoms with Gasteiger partial charge in [-0.25, -0.2) is 0 Å². The summed E-state index contributed by atoms with van der Waals surface area (Å²) in [7, 11) is 0. The minimum Gasteiger partial charge on any atom is -0.418 e. The number of ether oxygens (including phenoxy) is 1. The number of alkyl halides is 3. The minimum atomic E-state index is -4.71. The van der Waals surface area contributed by atoms with E-state index in [4.69, 9.17) is 4.42 Å². The second-order valence-electron chi connectivity index (χ2n) is 5.25. The van der Waals surface area contributed by atoms with Crippen molar-refractivity contribution < 1.29 is 22.3 Å². The van der Waals surface area contributed by atoms with Crippen LogP contribution in [0.4, 0.5) is 18.9 Å². The molecule has 0 aliphatic rings. The van der Waals surface area contributed by atoms with Gasteiger partial charge >= 0.3 is 6.36 Å². The summed E-state index contributed by atoms with van der Waals surface area (Å²) in [6, 6.07) is 14.4. The Labute approximate surface area is 141 Å². The van der Waals surface area contributed by atoms with Crippen LogP contribution in [0.2, 0.25) is 0 Å². The summed E-state index contributed by atoms with van der Waals surface area (Å²) in [6.07, 6.45) is -4.71. The third-order valence-electron chi connectivity index (χ3n) is 3.30. The van der Waals surface area contributed by atoms with Gasteiger partial charge in [0.15, 0.2) is 0 Å². The van der Waals surface area contributed by atoms with E-state index < -0.39 is 6.36 Å². The van der Waals surface area contributed by atoms with Crippen molar-refractivity contribution >= 4 is 5.69 Å². The van der Waals surface area contributed by atoms with Gasteiger partial charge in [-0.15, -0.1) is 23.4 Å². The lowest BCUT2D eigenvalue weighted by atomic mass is 10.2. The predicted octanol–water partition coefficient (Wildman–Crippen LogP) is 4.81. The van der Waals surface area contributed by atoms with E-state index in [2.05, 4.69) is 20.3 Å². The SMILES string of the molecule is C[C@@H](Nc1ccc(OC(F)(F)F)cc1)c1nnc(-c2ccccc2)o1. The van der Waals surface area contributed by atoms with Gasteiger partial charge in [0.25, 0.3) is 0 Å². The Kier molecular flexibility index (Phi) is 4.60. The van der Waals surface area contributed by atoms with E-state index in [1.54, 1.807) is 0 Å². The van der Waals surface area contributed by atoms with Gasteiger partial charge in [0.1, 0.15) is 11.8 Å². The molecule has 0 fully saturated rings. The van der Waals surface area contributed by atoms with Crippen molar-refractivity contribution in [1.29, 1.82) is 0 Å². The molecule has 0 radical (unpaired) electrons. The molecule has 25 heavy (non-hydrogen) atoms. The molecule has 3 aromatic rings. The molecule has 0 unspecified atom stereocenters. The quantitative estimate of drug-likeness (QED) is 0.716. The summed E-state index contributed by atoms with van der Waals surface area (Å²) >= 11 is 0. The third kappa shape index (κ3) is 4.50. The number of nitrogens with one attached hydrogen (secondary N) is 1. The third-order valence-corrected chi connectivity index (χ3v) is 3.30. The van der Waals surface area contributed by atoms with Gasteiger partial charge in [0.2, 0.25) is 11.8 Å². The van der Waals surface area contributed by atoms with E-state index in [1.807, 2.05) is 37.3 Å². The molecule has 1 aromatic heterocycles. The van der Waals surface area contributed by atoms with Crippen molar-refractivity contribution in [2.24, 2.45) is 0 Å². The lowest BCUT2D eigenvalue weighted by Crippen LogP contribution is -2.17. The first-order valence-corrected chi connectivity index (χ1v) is 7.42. The van der Waals surface area contributed by atoms with E-state index in [0.717, 1.165) is 5.56 Å². The van der Waals surface area contributed by atoms with Crippen LogP contribution in [0.25, 0.3) is 11.5 Å². The summed E-state index contributed by atoms with van der Waals surface area (Å²) in [6.45, 7) is 1.81. The maximum Gasteiger partial charge on any atom is 0.573 e. The maximum absolute atomic E-state index is 12.2. The van der Waals surface area contributed by atoms with Crippen molar-refractivity contribution in [1.82, 2.24) is 10.2 Å². The standard InChI is InChI=1S/C17H14F3N3O2/c1-11(15-22-23-16(24-15)12-5-3-2-4-6-12)21-13-7-9-14(10-8-13)25-17(18,19)20/h2-11,21H,1H3/t11-/m1/s1. The van der Waals surface area contributed by atoms with E-state index in [1.165, 1.54) is 24.3 Å². The summed E-state index contributed by atoms with van der Waals surface area (Å²) in [5.41, 5.74) is 1.41. The van der Waals surface area contributed by atoms with Gasteiger partial charge in [-0.05, 0) is 43.3 Å². The van der Waals surface area contributed by atoms with Crippen molar-refractivity contribution in [3.05, 3.63) is 60.5 Å². The van der Waals surface area contributed by atoms with Crippen molar-refractivity contribution in [3.63, 3.8) is 0 Å². The van der Waals surface area contributed by atoms with Crippen LogP contribution in [0.15, 0.2) is 59.0 Å². The molecule has 0 saturated heterocycles. The number of aromatic nitrogens is 2. The Hall–Kier alpha value is -3.03. The van der Waals surface area contributed by atoms with Gasteiger partial charge < -0.3 is 14.5 Å². The number of benzene rings is 2. The molecule has 1 heterocycles. The number of rotatable bonds is 5. The average Bonchev–Trinajstić information content (AvgIpc) is 3.06. The zero-order chi connectivity index (χ0) is 17.9. The first-order valence-electron chi connectivity index (χ1n) is 7.42. The average molecular weight is 349 g/mol. The number of hydrogen-bond donors (Lipinski definition) is 1. The molecule has 130 valence electrons. The van der Waals surface area contributed by atoms with Crippen molar-refractivity contribution in [2.45, 2.75) is 19.3 Å². The Morgan fingerprint density at radius 1 is 1.00 bits per heavy atom. The Morgan fingerprint density at radius 3 is 2.32 bits per heavy atom. The maximum atomic E-state index is 12.2. The number of nitrogens with zero attached hydrogens (tertiary/aromatic N) is 2. The molecule has 0 amide bonds. The first kappa shape index (κ1) is 16.8. The summed E-state index contributed by atoms with van der Waals surface area (Å²) < 4.78 is 45.9. The Balaban J connectivity index is 1.66. The Bertz CT molecular complexity index is 817. The molecule has 3 rings (SSSR count). The zero-order valence-corrected chi connectivity index (χ0v) is 13.1. The molecule has 1 N–H and O–H groups in total. The van der Waals surface area contributed by atoms with E-state index in [9.17, 15) is 13.2 Å². The van der Waals surface area contributed by atoms with Gasteiger partial charge in [-0.2, -0.15) is 0 Å². The van der Waals surface area contributed by atoms with E-state index in [-0.39, 0.29) is 11.8 Å². The monoisotopic (exact) mass is 349 g/mol. The van der Waals surface area contributed by atoms with Crippen molar-refractivity contribution in [3.8, 4) is 17.2 Å². The van der Waals surface area contributed by atoms with Gasteiger partial charge in [0, 0.05) is 11.3 Å². The molecule has 0 spiro atoms. The van der Waals surface area contributed by atoms with E-state index in [0.29, 0.717) is 17.5 Å². The largest absolute Gasteiger partial charge is 0.573 e. The highest BCUT2D eigenvalue weighted by atomic mass is 19.4. The van der Waals surface area contributed by atoms with Crippen LogP contribution < -0.4 is 10.1 Å². The molecule has 8 heteroatoms. The second-order valence-corrected chi connectivity index (χ2v) is 5.25. The van der Waals surface area contributed by atoms with Crippen LogP contribution in [0.1, 0.15) is 18.9 Å². The molecule has 0 saturated carbocycles. The molecule has 0 bridgehead atoms. The van der Waals surface area contributed by atoms with Crippen LogP contribution >= 0.6 is 0 Å². The van der Waals surface area contributed by atoms with Gasteiger partial charge in [-0.3, -0.25) is 0 Å². The normalized spacial score (nSPS) is 12.6. The molecule has 0 aliphatic heterocycles. The molecule has 1 atom stereocenters. The fourth-order valence-electron chi connectivity index (χ4n) is 2.17. The Morgan fingerprint density at radius 2 is 1.68 bits per heavy atom.